The summed E-state index contributed by atoms with van der Waals surface area (Å²) < 4.78 is 10.8. The van der Waals surface area contributed by atoms with Gasteiger partial charge in [0.05, 0.1) is 23.7 Å². The summed E-state index contributed by atoms with van der Waals surface area (Å²) in [7, 11) is 0. The topological polar surface area (TPSA) is 87.4 Å². The summed E-state index contributed by atoms with van der Waals surface area (Å²) >= 11 is 0. The third kappa shape index (κ3) is 2.32. The van der Waals surface area contributed by atoms with E-state index < -0.39 is 4.92 Å². The minimum atomic E-state index is -0.461. The van der Waals surface area contributed by atoms with E-state index in [1.165, 1.54) is 18.6 Å². The maximum Gasteiger partial charge on any atom is 0.311 e. The molecule has 7 heteroatoms. The molecule has 0 radical (unpaired) electrons. The minimum absolute atomic E-state index is 0.0748. The van der Waals surface area contributed by atoms with Crippen molar-refractivity contribution >= 4 is 16.6 Å². The van der Waals surface area contributed by atoms with E-state index in [0.29, 0.717) is 24.1 Å². The smallest absolute Gasteiger partial charge is 0.311 e. The van der Waals surface area contributed by atoms with Crippen molar-refractivity contribution in [2.45, 2.75) is 12.5 Å². The highest BCUT2D eigenvalue weighted by Gasteiger charge is 2.23. The maximum atomic E-state index is 11.1. The highest BCUT2D eigenvalue weighted by atomic mass is 16.6. The van der Waals surface area contributed by atoms with E-state index in [-0.39, 0.29) is 17.5 Å². The molecule has 2 aromatic rings. The van der Waals surface area contributed by atoms with Crippen LogP contribution in [0.4, 0.5) is 5.69 Å². The molecule has 0 saturated carbocycles. The highest BCUT2D eigenvalue weighted by Crippen LogP contribution is 2.32. The molecule has 98 valence electrons. The minimum Gasteiger partial charge on any atom is -0.481 e. The Bertz CT molecular complexity index is 625. The van der Waals surface area contributed by atoms with Crippen molar-refractivity contribution in [2.75, 3.05) is 13.2 Å². The molecule has 19 heavy (non-hydrogen) atoms. The predicted octanol–water partition coefficient (Wildman–Crippen LogP) is 1.71. The molecule has 0 spiro atoms. The molecule has 1 fully saturated rings. The lowest BCUT2D eigenvalue weighted by molar-refractivity contribution is -0.385. The van der Waals surface area contributed by atoms with Crippen LogP contribution in [0.15, 0.2) is 24.7 Å². The number of rotatable bonds is 3. The number of benzene rings is 1. The fraction of sp³-hybridized carbons (Fsp3) is 0.333. The van der Waals surface area contributed by atoms with Crippen LogP contribution in [0.5, 0.6) is 5.75 Å². The van der Waals surface area contributed by atoms with E-state index in [9.17, 15) is 10.1 Å². The summed E-state index contributed by atoms with van der Waals surface area (Å²) in [6, 6.07) is 3.01. The highest BCUT2D eigenvalue weighted by molar-refractivity contribution is 5.82. The SMILES string of the molecule is O=[N+]([O-])c1cc2cncnc2cc1O[C@H]1CCOC1. The summed E-state index contributed by atoms with van der Waals surface area (Å²) in [6.07, 6.45) is 3.53. The maximum absolute atomic E-state index is 11.1. The number of ether oxygens (including phenoxy) is 2. The first-order valence-corrected chi connectivity index (χ1v) is 5.86. The van der Waals surface area contributed by atoms with Gasteiger partial charge in [-0.2, -0.15) is 0 Å². The Labute approximate surface area is 108 Å². The molecule has 7 nitrogen and oxygen atoms in total. The number of aromatic nitrogens is 2. The first kappa shape index (κ1) is 11.8. The first-order valence-electron chi connectivity index (χ1n) is 5.86. The summed E-state index contributed by atoms with van der Waals surface area (Å²) in [6.45, 7) is 1.08. The third-order valence-corrected chi connectivity index (χ3v) is 2.96. The lowest BCUT2D eigenvalue weighted by atomic mass is 10.2. The van der Waals surface area contributed by atoms with E-state index in [2.05, 4.69) is 9.97 Å². The fourth-order valence-electron chi connectivity index (χ4n) is 2.02. The molecule has 3 rings (SSSR count). The van der Waals surface area contributed by atoms with Crippen molar-refractivity contribution in [3.05, 3.63) is 34.8 Å². The van der Waals surface area contributed by atoms with Crippen LogP contribution in [-0.4, -0.2) is 34.2 Å². The summed E-state index contributed by atoms with van der Waals surface area (Å²) in [5.74, 6) is 0.228. The zero-order chi connectivity index (χ0) is 13.2. The zero-order valence-electron chi connectivity index (χ0n) is 9.98. The predicted molar refractivity (Wildman–Crippen MR) is 66.0 cm³/mol. The van der Waals surface area contributed by atoms with Crippen molar-refractivity contribution in [1.82, 2.24) is 9.97 Å². The van der Waals surface area contributed by atoms with Gasteiger partial charge in [-0.15, -0.1) is 0 Å². The average Bonchev–Trinajstić information content (AvgIpc) is 2.90. The molecule has 0 amide bonds. The molecule has 1 aromatic carbocycles. The van der Waals surface area contributed by atoms with E-state index in [0.717, 1.165) is 6.42 Å². The standard InChI is InChI=1S/C12H11N3O4/c16-15(17)11-3-8-5-13-7-14-10(8)4-12(11)19-9-1-2-18-6-9/h3-5,7,9H,1-2,6H2/t9-/m0/s1. The van der Waals surface area contributed by atoms with Gasteiger partial charge < -0.3 is 9.47 Å². The molecule has 2 heterocycles. The van der Waals surface area contributed by atoms with Gasteiger partial charge in [0, 0.05) is 30.1 Å². The second kappa shape index (κ2) is 4.77. The monoisotopic (exact) mass is 261 g/mol. The number of nitro benzene ring substituents is 1. The molecule has 1 aromatic heterocycles. The Morgan fingerprint density at radius 2 is 2.37 bits per heavy atom. The molecule has 0 N–H and O–H groups in total. The third-order valence-electron chi connectivity index (χ3n) is 2.96. The van der Waals surface area contributed by atoms with Crippen molar-refractivity contribution in [3.63, 3.8) is 0 Å². The molecule has 1 saturated heterocycles. The molecule has 0 unspecified atom stereocenters. The Hall–Kier alpha value is -2.28. The molecule has 1 aliphatic heterocycles. The van der Waals surface area contributed by atoms with Crippen LogP contribution < -0.4 is 4.74 Å². The summed E-state index contributed by atoms with van der Waals surface area (Å²) in [5, 5.41) is 11.7. The fourth-order valence-corrected chi connectivity index (χ4v) is 2.02. The lowest BCUT2D eigenvalue weighted by Gasteiger charge is -2.12. The normalized spacial score (nSPS) is 18.6. The Balaban J connectivity index is 2.04. The quantitative estimate of drug-likeness (QED) is 0.617. The van der Waals surface area contributed by atoms with Crippen molar-refractivity contribution in [1.29, 1.82) is 0 Å². The van der Waals surface area contributed by atoms with Gasteiger partial charge in [0.2, 0.25) is 0 Å². The molecular weight excluding hydrogens is 250 g/mol. The van der Waals surface area contributed by atoms with Crippen LogP contribution in [0.3, 0.4) is 0 Å². The number of fused-ring (bicyclic) bond motifs is 1. The Kier molecular flexibility index (Phi) is 2.96. The van der Waals surface area contributed by atoms with Crippen LogP contribution in [0.2, 0.25) is 0 Å². The van der Waals surface area contributed by atoms with Crippen LogP contribution in [-0.2, 0) is 4.74 Å². The second-order valence-corrected chi connectivity index (χ2v) is 4.26. The summed E-state index contributed by atoms with van der Waals surface area (Å²) in [4.78, 5) is 18.6. The van der Waals surface area contributed by atoms with Crippen molar-refractivity contribution in [3.8, 4) is 5.75 Å². The second-order valence-electron chi connectivity index (χ2n) is 4.26. The van der Waals surface area contributed by atoms with E-state index >= 15 is 0 Å². The van der Waals surface area contributed by atoms with Gasteiger partial charge >= 0.3 is 5.69 Å². The van der Waals surface area contributed by atoms with Gasteiger partial charge in [0.15, 0.2) is 5.75 Å². The van der Waals surface area contributed by atoms with Crippen LogP contribution in [0.1, 0.15) is 6.42 Å². The van der Waals surface area contributed by atoms with Gasteiger partial charge in [0.25, 0.3) is 0 Å². The van der Waals surface area contributed by atoms with Crippen LogP contribution in [0, 0.1) is 10.1 Å². The lowest BCUT2D eigenvalue weighted by Crippen LogP contribution is -2.16. The zero-order valence-corrected chi connectivity index (χ0v) is 9.98. The Morgan fingerprint density at radius 3 is 3.11 bits per heavy atom. The van der Waals surface area contributed by atoms with Crippen LogP contribution >= 0.6 is 0 Å². The van der Waals surface area contributed by atoms with E-state index in [1.807, 2.05) is 0 Å². The molecule has 0 bridgehead atoms. The largest absolute Gasteiger partial charge is 0.481 e. The average molecular weight is 261 g/mol. The van der Waals surface area contributed by atoms with Gasteiger partial charge in [-0.3, -0.25) is 10.1 Å². The molecule has 0 aliphatic carbocycles. The molecule has 1 atom stereocenters. The van der Waals surface area contributed by atoms with Gasteiger partial charge in [-0.25, -0.2) is 9.97 Å². The number of hydrogen-bond donors (Lipinski definition) is 0. The van der Waals surface area contributed by atoms with E-state index in [4.69, 9.17) is 9.47 Å². The molecular formula is C12H11N3O4. The number of hydrogen-bond acceptors (Lipinski definition) is 6. The van der Waals surface area contributed by atoms with Gasteiger partial charge in [0.1, 0.15) is 12.4 Å². The van der Waals surface area contributed by atoms with Crippen molar-refractivity contribution < 1.29 is 14.4 Å². The number of nitrogens with zero attached hydrogens (tertiary/aromatic N) is 3. The number of nitro groups is 1. The van der Waals surface area contributed by atoms with Gasteiger partial charge in [-0.1, -0.05) is 0 Å². The Morgan fingerprint density at radius 1 is 1.47 bits per heavy atom. The van der Waals surface area contributed by atoms with E-state index in [1.54, 1.807) is 6.07 Å². The molecule has 1 aliphatic rings. The first-order chi connectivity index (χ1) is 9.24. The van der Waals surface area contributed by atoms with Crippen LogP contribution in [0.25, 0.3) is 10.9 Å². The van der Waals surface area contributed by atoms with Crippen molar-refractivity contribution in [2.24, 2.45) is 0 Å². The van der Waals surface area contributed by atoms with Gasteiger partial charge in [-0.05, 0) is 0 Å². The summed E-state index contributed by atoms with van der Waals surface area (Å²) in [5.41, 5.74) is 0.545.